The predicted octanol–water partition coefficient (Wildman–Crippen LogP) is 2.77. The highest BCUT2D eigenvalue weighted by Crippen LogP contribution is 2.27. The lowest BCUT2D eigenvalue weighted by molar-refractivity contribution is 0.539. The van der Waals surface area contributed by atoms with Gasteiger partial charge in [-0.1, -0.05) is 36.4 Å². The number of nitrogens with one attached hydrogen (secondary N) is 2. The Hall–Kier alpha value is -2.56. The van der Waals surface area contributed by atoms with Gasteiger partial charge in [0.2, 0.25) is 0 Å². The Kier molecular flexibility index (Phi) is 2.45. The molecule has 2 aromatic carbocycles. The molecule has 0 atom stereocenters. The van der Waals surface area contributed by atoms with Gasteiger partial charge < -0.3 is 21.4 Å². The zero-order chi connectivity index (χ0) is 14.4. The maximum absolute atomic E-state index is 6.40. The van der Waals surface area contributed by atoms with Crippen molar-refractivity contribution in [3.05, 3.63) is 72.1 Å². The van der Waals surface area contributed by atoms with Gasteiger partial charge in [-0.25, -0.2) is 0 Å². The molecule has 6 N–H and O–H groups in total. The van der Waals surface area contributed by atoms with E-state index in [1.54, 1.807) is 0 Å². The second-order valence-corrected chi connectivity index (χ2v) is 5.41. The van der Waals surface area contributed by atoms with Gasteiger partial charge in [-0.15, -0.1) is 0 Å². The lowest BCUT2D eigenvalue weighted by Crippen LogP contribution is -2.47. The summed E-state index contributed by atoms with van der Waals surface area (Å²) in [7, 11) is 0. The maximum Gasteiger partial charge on any atom is 0.147 e. The molecule has 0 spiro atoms. The fourth-order valence-corrected chi connectivity index (χ4v) is 2.74. The van der Waals surface area contributed by atoms with E-state index in [0.717, 1.165) is 33.2 Å². The van der Waals surface area contributed by atoms with Gasteiger partial charge in [-0.2, -0.15) is 0 Å². The summed E-state index contributed by atoms with van der Waals surface area (Å²) in [6.45, 7) is 0. The third kappa shape index (κ3) is 1.85. The number of benzene rings is 2. The van der Waals surface area contributed by atoms with Crippen molar-refractivity contribution in [1.82, 2.24) is 9.97 Å². The number of aromatic nitrogens is 2. The Morgan fingerprint density at radius 3 is 1.52 bits per heavy atom. The van der Waals surface area contributed by atoms with E-state index in [1.165, 1.54) is 0 Å². The van der Waals surface area contributed by atoms with Gasteiger partial charge in [0.1, 0.15) is 5.66 Å². The second kappa shape index (κ2) is 4.22. The highest BCUT2D eigenvalue weighted by molar-refractivity contribution is 5.82. The first-order chi connectivity index (χ1) is 10.1. The van der Waals surface area contributed by atoms with Crippen LogP contribution in [0.5, 0.6) is 0 Å². The number of rotatable bonds is 2. The normalized spacial score (nSPS) is 12.3. The molecular weight excluding hydrogens is 260 g/mol. The number of aromatic amines is 2. The summed E-state index contributed by atoms with van der Waals surface area (Å²) >= 11 is 0. The summed E-state index contributed by atoms with van der Waals surface area (Å²) in [5.74, 6) is 0. The van der Waals surface area contributed by atoms with Crippen LogP contribution in [-0.2, 0) is 5.66 Å². The van der Waals surface area contributed by atoms with E-state index in [2.05, 4.69) is 9.97 Å². The molecule has 0 amide bonds. The monoisotopic (exact) mass is 276 g/mol. The van der Waals surface area contributed by atoms with Crippen LogP contribution in [0.25, 0.3) is 21.8 Å². The Balaban J connectivity index is 1.87. The van der Waals surface area contributed by atoms with E-state index in [9.17, 15) is 0 Å². The minimum absolute atomic E-state index is 0.787. The smallest absolute Gasteiger partial charge is 0.147 e. The number of H-pyrrole nitrogens is 2. The van der Waals surface area contributed by atoms with Crippen molar-refractivity contribution in [3.63, 3.8) is 0 Å². The lowest BCUT2D eigenvalue weighted by atomic mass is 10.0. The SMILES string of the molecule is NC(N)(c1cc2ccccc2[nH]1)c1cc2ccccc2[nH]1. The fraction of sp³-hybridized carbons (Fsp3) is 0.0588. The summed E-state index contributed by atoms with van der Waals surface area (Å²) in [6.07, 6.45) is 0. The number of hydrogen-bond donors (Lipinski definition) is 4. The van der Waals surface area contributed by atoms with Crippen molar-refractivity contribution in [2.45, 2.75) is 5.66 Å². The van der Waals surface area contributed by atoms with Crippen LogP contribution in [0.15, 0.2) is 60.7 Å². The van der Waals surface area contributed by atoms with Crippen LogP contribution in [0.3, 0.4) is 0 Å². The first kappa shape index (κ1) is 12.2. The molecule has 0 unspecified atom stereocenters. The first-order valence-corrected chi connectivity index (χ1v) is 6.89. The minimum atomic E-state index is -1.09. The zero-order valence-corrected chi connectivity index (χ0v) is 11.4. The van der Waals surface area contributed by atoms with Crippen LogP contribution in [-0.4, -0.2) is 9.97 Å². The van der Waals surface area contributed by atoms with Gasteiger partial charge in [-0.3, -0.25) is 0 Å². The molecule has 21 heavy (non-hydrogen) atoms. The predicted molar refractivity (Wildman–Crippen MR) is 85.8 cm³/mol. The van der Waals surface area contributed by atoms with Crippen molar-refractivity contribution in [2.24, 2.45) is 11.5 Å². The summed E-state index contributed by atoms with van der Waals surface area (Å²) in [5, 5.41) is 2.20. The lowest BCUT2D eigenvalue weighted by Gasteiger charge is -2.22. The van der Waals surface area contributed by atoms with Gasteiger partial charge in [0.05, 0.1) is 11.4 Å². The van der Waals surface area contributed by atoms with Crippen molar-refractivity contribution >= 4 is 21.8 Å². The van der Waals surface area contributed by atoms with E-state index in [1.807, 2.05) is 60.7 Å². The minimum Gasteiger partial charge on any atom is -0.355 e. The number of fused-ring (bicyclic) bond motifs is 2. The molecular formula is C17H16N4. The largest absolute Gasteiger partial charge is 0.355 e. The molecule has 0 bridgehead atoms. The van der Waals surface area contributed by atoms with E-state index in [0.29, 0.717) is 0 Å². The van der Waals surface area contributed by atoms with Crippen molar-refractivity contribution < 1.29 is 0 Å². The average Bonchev–Trinajstić information content (AvgIpc) is 3.11. The Labute approximate surface area is 121 Å². The summed E-state index contributed by atoms with van der Waals surface area (Å²) in [6, 6.07) is 20.1. The second-order valence-electron chi connectivity index (χ2n) is 5.41. The third-order valence-corrected chi connectivity index (χ3v) is 3.95. The van der Waals surface area contributed by atoms with Gasteiger partial charge in [0.25, 0.3) is 0 Å². The molecule has 4 rings (SSSR count). The van der Waals surface area contributed by atoms with Crippen LogP contribution >= 0.6 is 0 Å². The quantitative estimate of drug-likeness (QED) is 0.424. The molecule has 4 nitrogen and oxygen atoms in total. The molecule has 4 heteroatoms. The Morgan fingerprint density at radius 2 is 1.10 bits per heavy atom. The van der Waals surface area contributed by atoms with Gasteiger partial charge >= 0.3 is 0 Å². The summed E-state index contributed by atoms with van der Waals surface area (Å²) < 4.78 is 0. The maximum atomic E-state index is 6.40. The molecule has 4 aromatic rings. The zero-order valence-electron chi connectivity index (χ0n) is 11.4. The van der Waals surface area contributed by atoms with Crippen molar-refractivity contribution in [1.29, 1.82) is 0 Å². The van der Waals surface area contributed by atoms with Crippen LogP contribution in [0.1, 0.15) is 11.4 Å². The van der Waals surface area contributed by atoms with Crippen LogP contribution in [0.2, 0.25) is 0 Å². The van der Waals surface area contributed by atoms with E-state index >= 15 is 0 Å². The van der Waals surface area contributed by atoms with Gasteiger partial charge in [0, 0.05) is 11.0 Å². The number of hydrogen-bond acceptors (Lipinski definition) is 2. The standard InChI is InChI=1S/C17H16N4/c18-17(19,15-9-11-5-1-3-7-13(11)20-15)16-10-12-6-2-4-8-14(12)21-16/h1-10,20-21H,18-19H2. The summed E-state index contributed by atoms with van der Waals surface area (Å²) in [5.41, 5.74) is 15.4. The van der Waals surface area contributed by atoms with Gasteiger partial charge in [0.15, 0.2) is 0 Å². The molecule has 0 saturated carbocycles. The topological polar surface area (TPSA) is 83.6 Å². The van der Waals surface area contributed by atoms with Crippen molar-refractivity contribution in [2.75, 3.05) is 0 Å². The molecule has 104 valence electrons. The summed E-state index contributed by atoms with van der Waals surface area (Å²) in [4.78, 5) is 6.62. The van der Waals surface area contributed by atoms with Gasteiger partial charge in [-0.05, 0) is 35.0 Å². The van der Waals surface area contributed by atoms with Crippen LogP contribution < -0.4 is 11.5 Å². The van der Waals surface area contributed by atoms with E-state index in [-0.39, 0.29) is 0 Å². The highest BCUT2D eigenvalue weighted by atomic mass is 15.0. The van der Waals surface area contributed by atoms with Crippen LogP contribution in [0.4, 0.5) is 0 Å². The molecule has 2 heterocycles. The molecule has 2 aromatic heterocycles. The molecule has 0 radical (unpaired) electrons. The Bertz CT molecular complexity index is 788. The third-order valence-electron chi connectivity index (χ3n) is 3.95. The average molecular weight is 276 g/mol. The molecule has 0 fully saturated rings. The van der Waals surface area contributed by atoms with Crippen LogP contribution in [0, 0.1) is 0 Å². The fourth-order valence-electron chi connectivity index (χ4n) is 2.74. The van der Waals surface area contributed by atoms with E-state index in [4.69, 9.17) is 11.5 Å². The van der Waals surface area contributed by atoms with Crippen molar-refractivity contribution in [3.8, 4) is 0 Å². The highest BCUT2D eigenvalue weighted by Gasteiger charge is 2.28. The Morgan fingerprint density at radius 1 is 0.667 bits per heavy atom. The number of para-hydroxylation sites is 2. The molecule has 0 saturated heterocycles. The molecule has 0 aliphatic rings. The van der Waals surface area contributed by atoms with E-state index < -0.39 is 5.66 Å². The number of nitrogens with two attached hydrogens (primary N) is 2. The molecule has 0 aliphatic heterocycles. The first-order valence-electron chi connectivity index (χ1n) is 6.89. The molecule has 0 aliphatic carbocycles.